The van der Waals surface area contributed by atoms with E-state index in [1.165, 1.54) is 18.4 Å². The first-order chi connectivity index (χ1) is 12.3. The normalized spacial score (nSPS) is 11.4. The minimum absolute atomic E-state index is 0.0197. The monoisotopic (exact) mass is 420 g/mol. The number of furan rings is 1. The van der Waals surface area contributed by atoms with Crippen LogP contribution in [0.1, 0.15) is 32.1 Å². The Morgan fingerprint density at radius 3 is 2.62 bits per heavy atom. The summed E-state index contributed by atoms with van der Waals surface area (Å²) in [5.41, 5.74) is 5.71. The zero-order valence-corrected chi connectivity index (χ0v) is 16.4. The van der Waals surface area contributed by atoms with Crippen molar-refractivity contribution < 1.29 is 18.7 Å². The minimum Gasteiger partial charge on any atom is -0.483 e. The molecule has 1 aromatic heterocycles. The number of ether oxygens (including phenoxy) is 1. The SMILES string of the molecule is CC(C)(C)c1ccc(OCC(=O)NNC(=O)/C=C\c2ccco2)c(Br)c1. The number of hydrogen-bond donors (Lipinski definition) is 2. The molecule has 6 nitrogen and oxygen atoms in total. The van der Waals surface area contributed by atoms with Gasteiger partial charge >= 0.3 is 0 Å². The molecular formula is C19H21BrN2O4. The van der Waals surface area contributed by atoms with Crippen molar-refractivity contribution in [3.05, 3.63) is 58.5 Å². The first-order valence-corrected chi connectivity index (χ1v) is 8.78. The second-order valence-corrected chi connectivity index (χ2v) is 7.42. The van der Waals surface area contributed by atoms with Gasteiger partial charge in [0.25, 0.3) is 11.8 Å². The number of rotatable bonds is 5. The molecule has 1 heterocycles. The van der Waals surface area contributed by atoms with Crippen molar-refractivity contribution in [3.8, 4) is 5.75 Å². The van der Waals surface area contributed by atoms with E-state index in [0.29, 0.717) is 11.5 Å². The van der Waals surface area contributed by atoms with Gasteiger partial charge < -0.3 is 9.15 Å². The Balaban J connectivity index is 1.79. The van der Waals surface area contributed by atoms with E-state index in [0.717, 1.165) is 10.0 Å². The Bertz CT molecular complexity index is 792. The molecule has 0 aliphatic heterocycles. The summed E-state index contributed by atoms with van der Waals surface area (Å²) >= 11 is 3.45. The molecule has 0 radical (unpaired) electrons. The summed E-state index contributed by atoms with van der Waals surface area (Å²) in [6.07, 6.45) is 4.25. The fourth-order valence-electron chi connectivity index (χ4n) is 1.98. The van der Waals surface area contributed by atoms with E-state index in [2.05, 4.69) is 47.6 Å². The Labute approximate surface area is 160 Å². The number of carbonyl (C=O) groups is 2. The predicted octanol–water partition coefficient (Wildman–Crippen LogP) is 3.58. The van der Waals surface area contributed by atoms with E-state index >= 15 is 0 Å². The topological polar surface area (TPSA) is 80.6 Å². The quantitative estimate of drug-likeness (QED) is 0.572. The molecule has 2 rings (SSSR count). The van der Waals surface area contributed by atoms with Gasteiger partial charge in [0.2, 0.25) is 0 Å². The summed E-state index contributed by atoms with van der Waals surface area (Å²) in [6, 6.07) is 9.15. The standard InChI is InChI=1S/C19H21BrN2O4/c1-19(2,3)13-6-8-16(15(20)11-13)26-12-18(24)22-21-17(23)9-7-14-5-4-10-25-14/h4-11H,12H2,1-3H3,(H,21,23)(H,22,24)/b9-7-. The molecule has 1 aromatic carbocycles. The molecule has 0 saturated heterocycles. The van der Waals surface area contributed by atoms with Gasteiger partial charge in [-0.3, -0.25) is 20.4 Å². The van der Waals surface area contributed by atoms with E-state index in [4.69, 9.17) is 9.15 Å². The summed E-state index contributed by atoms with van der Waals surface area (Å²) in [7, 11) is 0. The molecule has 7 heteroatoms. The van der Waals surface area contributed by atoms with Crippen LogP contribution in [0.4, 0.5) is 0 Å². The Kier molecular flexibility index (Phi) is 6.63. The van der Waals surface area contributed by atoms with Gasteiger partial charge in [-0.25, -0.2) is 0 Å². The molecule has 0 spiro atoms. The average molecular weight is 421 g/mol. The van der Waals surface area contributed by atoms with Gasteiger partial charge in [-0.05, 0) is 57.2 Å². The fraction of sp³-hybridized carbons (Fsp3) is 0.263. The molecule has 2 N–H and O–H groups in total. The van der Waals surface area contributed by atoms with Gasteiger partial charge in [0, 0.05) is 6.08 Å². The third-order valence-electron chi connectivity index (χ3n) is 3.42. The van der Waals surface area contributed by atoms with Crippen LogP contribution in [0.3, 0.4) is 0 Å². The highest BCUT2D eigenvalue weighted by Gasteiger charge is 2.15. The lowest BCUT2D eigenvalue weighted by atomic mass is 9.87. The maximum absolute atomic E-state index is 11.8. The van der Waals surface area contributed by atoms with E-state index in [1.807, 2.05) is 18.2 Å². The highest BCUT2D eigenvalue weighted by molar-refractivity contribution is 9.10. The van der Waals surface area contributed by atoms with Crippen molar-refractivity contribution in [2.45, 2.75) is 26.2 Å². The van der Waals surface area contributed by atoms with Crippen LogP contribution in [0, 0.1) is 0 Å². The van der Waals surface area contributed by atoms with Crippen LogP contribution in [0.2, 0.25) is 0 Å². The van der Waals surface area contributed by atoms with Crippen molar-refractivity contribution >= 4 is 33.8 Å². The van der Waals surface area contributed by atoms with Crippen LogP contribution in [-0.2, 0) is 15.0 Å². The molecule has 0 fully saturated rings. The molecule has 0 aliphatic rings. The summed E-state index contributed by atoms with van der Waals surface area (Å²) in [5.74, 6) is 0.137. The maximum atomic E-state index is 11.8. The molecular weight excluding hydrogens is 400 g/mol. The van der Waals surface area contributed by atoms with Gasteiger partial charge in [0.05, 0.1) is 10.7 Å². The van der Waals surface area contributed by atoms with E-state index in [-0.39, 0.29) is 12.0 Å². The van der Waals surface area contributed by atoms with Crippen LogP contribution in [0.15, 0.2) is 51.6 Å². The number of hydrogen-bond acceptors (Lipinski definition) is 4. The number of hydrazine groups is 1. The first kappa shape index (κ1) is 19.8. The molecule has 0 bridgehead atoms. The van der Waals surface area contributed by atoms with Crippen molar-refractivity contribution in [1.29, 1.82) is 0 Å². The maximum Gasteiger partial charge on any atom is 0.276 e. The zero-order chi connectivity index (χ0) is 19.2. The molecule has 2 aromatic rings. The summed E-state index contributed by atoms with van der Waals surface area (Å²) < 4.78 is 11.3. The number of benzene rings is 1. The Hall–Kier alpha value is -2.54. The summed E-state index contributed by atoms with van der Waals surface area (Å²) in [4.78, 5) is 23.4. The van der Waals surface area contributed by atoms with Crippen molar-refractivity contribution in [3.63, 3.8) is 0 Å². The average Bonchev–Trinajstić information content (AvgIpc) is 3.09. The van der Waals surface area contributed by atoms with Crippen molar-refractivity contribution in [1.82, 2.24) is 10.9 Å². The van der Waals surface area contributed by atoms with Crippen LogP contribution >= 0.6 is 15.9 Å². The van der Waals surface area contributed by atoms with Gasteiger partial charge in [0.15, 0.2) is 6.61 Å². The predicted molar refractivity (Wildman–Crippen MR) is 102 cm³/mol. The third-order valence-corrected chi connectivity index (χ3v) is 4.04. The van der Waals surface area contributed by atoms with Crippen LogP contribution in [0.5, 0.6) is 5.75 Å². The Morgan fingerprint density at radius 1 is 1.23 bits per heavy atom. The lowest BCUT2D eigenvalue weighted by Crippen LogP contribution is -2.43. The number of halogens is 1. The number of amides is 2. The molecule has 0 aliphatic carbocycles. The third kappa shape index (κ3) is 6.07. The summed E-state index contributed by atoms with van der Waals surface area (Å²) in [6.45, 7) is 6.12. The molecule has 2 amide bonds. The van der Waals surface area contributed by atoms with E-state index in [9.17, 15) is 9.59 Å². The van der Waals surface area contributed by atoms with Gasteiger partial charge in [-0.2, -0.15) is 0 Å². The van der Waals surface area contributed by atoms with Crippen LogP contribution in [-0.4, -0.2) is 18.4 Å². The smallest absolute Gasteiger partial charge is 0.276 e. The highest BCUT2D eigenvalue weighted by atomic mass is 79.9. The van der Waals surface area contributed by atoms with Crippen molar-refractivity contribution in [2.24, 2.45) is 0 Å². The van der Waals surface area contributed by atoms with Crippen molar-refractivity contribution in [2.75, 3.05) is 6.61 Å². The van der Waals surface area contributed by atoms with Gasteiger partial charge in [-0.1, -0.05) is 26.8 Å². The second kappa shape index (κ2) is 8.71. The lowest BCUT2D eigenvalue weighted by Gasteiger charge is -2.20. The lowest BCUT2D eigenvalue weighted by molar-refractivity contribution is -0.128. The molecule has 0 unspecified atom stereocenters. The Morgan fingerprint density at radius 2 is 2.00 bits per heavy atom. The van der Waals surface area contributed by atoms with E-state index < -0.39 is 11.8 Å². The van der Waals surface area contributed by atoms with Crippen LogP contribution < -0.4 is 15.6 Å². The number of nitrogens with one attached hydrogen (secondary N) is 2. The largest absolute Gasteiger partial charge is 0.483 e. The van der Waals surface area contributed by atoms with E-state index in [1.54, 1.807) is 12.1 Å². The van der Waals surface area contributed by atoms with Crippen LogP contribution in [0.25, 0.3) is 6.08 Å². The second-order valence-electron chi connectivity index (χ2n) is 6.57. The molecule has 0 atom stereocenters. The molecule has 138 valence electrons. The first-order valence-electron chi connectivity index (χ1n) is 7.99. The molecule has 26 heavy (non-hydrogen) atoms. The highest BCUT2D eigenvalue weighted by Crippen LogP contribution is 2.31. The minimum atomic E-state index is -0.481. The fourth-order valence-corrected chi connectivity index (χ4v) is 2.47. The van der Waals surface area contributed by atoms with Gasteiger partial charge in [-0.15, -0.1) is 0 Å². The zero-order valence-electron chi connectivity index (χ0n) is 14.8. The summed E-state index contributed by atoms with van der Waals surface area (Å²) in [5, 5.41) is 0. The molecule has 0 saturated carbocycles. The number of carbonyl (C=O) groups excluding carboxylic acids is 2. The van der Waals surface area contributed by atoms with Gasteiger partial charge in [0.1, 0.15) is 11.5 Å².